The molecule has 6 heteroatoms. The summed E-state index contributed by atoms with van der Waals surface area (Å²) in [4.78, 5) is 11.8. The van der Waals surface area contributed by atoms with E-state index >= 15 is 0 Å². The van der Waals surface area contributed by atoms with Gasteiger partial charge in [-0.3, -0.25) is 0 Å². The number of carbonyl (C=O) groups excluding carboxylic acids is 1. The van der Waals surface area contributed by atoms with Crippen molar-refractivity contribution in [2.24, 2.45) is 0 Å². The van der Waals surface area contributed by atoms with Crippen molar-refractivity contribution >= 4 is 29.5 Å². The molecule has 0 saturated heterocycles. The first-order valence-electron chi connectivity index (χ1n) is 8.73. The van der Waals surface area contributed by atoms with Crippen molar-refractivity contribution < 1.29 is 19.0 Å². The fourth-order valence-corrected chi connectivity index (χ4v) is 5.16. The number of carbonyl (C=O) groups is 1. The Bertz CT molecular complexity index is 939. The zero-order valence-corrected chi connectivity index (χ0v) is 18.0. The van der Waals surface area contributed by atoms with Gasteiger partial charge in [-0.2, -0.15) is 0 Å². The highest BCUT2D eigenvalue weighted by Gasteiger charge is 2.36. The van der Waals surface area contributed by atoms with Crippen LogP contribution >= 0.6 is 23.5 Å². The first kappa shape index (κ1) is 20.5. The van der Waals surface area contributed by atoms with Crippen LogP contribution < -0.4 is 9.47 Å². The minimum absolute atomic E-state index is 0.00332. The van der Waals surface area contributed by atoms with Gasteiger partial charge in [0.2, 0.25) is 0 Å². The fourth-order valence-electron chi connectivity index (χ4n) is 3.16. The number of ether oxygens (including phenoxy) is 3. The van der Waals surface area contributed by atoms with Crippen LogP contribution in [0.15, 0.2) is 36.4 Å². The summed E-state index contributed by atoms with van der Waals surface area (Å²) in [6.45, 7) is 0.728. The van der Waals surface area contributed by atoms with Crippen molar-refractivity contribution in [1.29, 1.82) is 0 Å². The topological polar surface area (TPSA) is 44.8 Å². The summed E-state index contributed by atoms with van der Waals surface area (Å²) in [6, 6.07) is 11.3. The molecule has 0 aliphatic carbocycles. The molecule has 0 fully saturated rings. The monoisotopic (exact) mass is 414 g/mol. The van der Waals surface area contributed by atoms with E-state index in [0.29, 0.717) is 11.3 Å². The summed E-state index contributed by atoms with van der Waals surface area (Å²) in [7, 11) is 2.87. The quantitative estimate of drug-likeness (QED) is 0.416. The van der Waals surface area contributed by atoms with Gasteiger partial charge in [-0.15, -0.1) is 23.5 Å². The molecule has 2 aromatic carbocycles. The second-order valence-electron chi connectivity index (χ2n) is 6.13. The van der Waals surface area contributed by atoms with Gasteiger partial charge < -0.3 is 14.2 Å². The second-order valence-corrected chi connectivity index (χ2v) is 8.60. The molecule has 0 unspecified atom stereocenters. The molecule has 2 aromatic rings. The van der Waals surface area contributed by atoms with Crippen LogP contribution in [0, 0.1) is 11.8 Å². The highest BCUT2D eigenvalue weighted by atomic mass is 32.2. The van der Waals surface area contributed by atoms with Crippen LogP contribution in [0.25, 0.3) is 0 Å². The summed E-state index contributed by atoms with van der Waals surface area (Å²) < 4.78 is 15.9. The predicted molar refractivity (Wildman–Crippen MR) is 116 cm³/mol. The van der Waals surface area contributed by atoms with Crippen molar-refractivity contribution in [2.75, 3.05) is 33.3 Å². The zero-order chi connectivity index (χ0) is 20.1. The maximum atomic E-state index is 11.8. The number of thioether (sulfide) groups is 2. The Balaban J connectivity index is 1.94. The average Bonchev–Trinajstić information content (AvgIpc) is 2.76. The van der Waals surface area contributed by atoms with Gasteiger partial charge in [0.05, 0.1) is 24.9 Å². The number of hydrogen-bond acceptors (Lipinski definition) is 6. The lowest BCUT2D eigenvalue weighted by molar-refractivity contribution is 0.0597. The van der Waals surface area contributed by atoms with E-state index < -0.39 is 5.97 Å². The first-order valence-corrected chi connectivity index (χ1v) is 11.2. The summed E-state index contributed by atoms with van der Waals surface area (Å²) in [5.41, 5.74) is 3.25. The molecular formula is C22H22O4S2. The molecule has 4 nitrogen and oxygen atoms in total. The van der Waals surface area contributed by atoms with Crippen LogP contribution in [0.1, 0.15) is 33.5 Å². The second kappa shape index (κ2) is 8.85. The third-order valence-electron chi connectivity index (χ3n) is 4.70. The molecule has 0 atom stereocenters. The molecule has 0 aromatic heterocycles. The minimum atomic E-state index is -0.434. The zero-order valence-electron chi connectivity index (χ0n) is 16.3. The molecule has 0 radical (unpaired) electrons. The lowest BCUT2D eigenvalue weighted by Crippen LogP contribution is -2.26. The summed E-state index contributed by atoms with van der Waals surface area (Å²) in [5, 5.41) is 0. The molecule has 1 aliphatic rings. The Morgan fingerprint density at radius 1 is 1.07 bits per heavy atom. The Hall–Kier alpha value is -2.23. The van der Waals surface area contributed by atoms with E-state index in [1.54, 1.807) is 18.2 Å². The molecule has 3 rings (SSSR count). The lowest BCUT2D eigenvalue weighted by atomic mass is 10.0. The molecule has 1 aliphatic heterocycles. The number of rotatable bonds is 4. The van der Waals surface area contributed by atoms with Gasteiger partial charge in [0.25, 0.3) is 0 Å². The summed E-state index contributed by atoms with van der Waals surface area (Å²) >= 11 is 3.69. The van der Waals surface area contributed by atoms with Crippen LogP contribution in [0.4, 0.5) is 0 Å². The van der Waals surface area contributed by atoms with Crippen molar-refractivity contribution in [3.63, 3.8) is 0 Å². The standard InChI is InChI=1S/C22H22O4S2/c1-24-20-14-16(7-9-17(20)21(23)25-2)6-5-15-8-10-19-18(13-15)22(27-3,28-4)11-12-26-19/h7-10,13-14H,11-12H2,1-4H3. The number of esters is 1. The highest BCUT2D eigenvalue weighted by molar-refractivity contribution is 8.16. The van der Waals surface area contributed by atoms with Crippen LogP contribution in [-0.2, 0) is 8.82 Å². The summed E-state index contributed by atoms with van der Waals surface area (Å²) in [5.74, 6) is 7.32. The third-order valence-corrected chi connectivity index (χ3v) is 7.86. The van der Waals surface area contributed by atoms with Gasteiger partial charge >= 0.3 is 5.97 Å². The fraction of sp³-hybridized carbons (Fsp3) is 0.318. The predicted octanol–water partition coefficient (Wildman–Crippen LogP) is 4.54. The number of methoxy groups -OCH3 is 2. The van der Waals surface area contributed by atoms with Gasteiger partial charge in [-0.25, -0.2) is 4.79 Å². The SMILES string of the molecule is COC(=O)c1ccc(C#Cc2ccc3c(c2)C(SC)(SC)CCO3)cc1OC. The first-order chi connectivity index (χ1) is 13.6. The largest absolute Gasteiger partial charge is 0.496 e. The maximum absolute atomic E-state index is 11.8. The molecule has 0 saturated carbocycles. The number of benzene rings is 2. The Morgan fingerprint density at radius 3 is 2.39 bits per heavy atom. The molecule has 1 heterocycles. The Kier molecular flexibility index (Phi) is 6.48. The smallest absolute Gasteiger partial charge is 0.341 e. The molecule has 0 N–H and O–H groups in total. The van der Waals surface area contributed by atoms with Crippen molar-refractivity contribution in [1.82, 2.24) is 0 Å². The minimum Gasteiger partial charge on any atom is -0.496 e. The number of hydrogen-bond donors (Lipinski definition) is 0. The third kappa shape index (κ3) is 3.96. The molecule has 0 spiro atoms. The van der Waals surface area contributed by atoms with Gasteiger partial charge in [0.1, 0.15) is 17.1 Å². The van der Waals surface area contributed by atoms with E-state index in [0.717, 1.165) is 29.9 Å². The lowest BCUT2D eigenvalue weighted by Gasteiger charge is -2.36. The van der Waals surface area contributed by atoms with Gasteiger partial charge in [-0.1, -0.05) is 11.8 Å². The Morgan fingerprint density at radius 2 is 1.75 bits per heavy atom. The number of fused-ring (bicyclic) bond motifs is 1. The van der Waals surface area contributed by atoms with E-state index in [1.807, 2.05) is 35.7 Å². The molecule has 0 amide bonds. The van der Waals surface area contributed by atoms with E-state index in [4.69, 9.17) is 14.2 Å². The summed E-state index contributed by atoms with van der Waals surface area (Å²) in [6.07, 6.45) is 5.24. The van der Waals surface area contributed by atoms with Gasteiger partial charge in [-0.05, 0) is 48.9 Å². The van der Waals surface area contributed by atoms with E-state index in [9.17, 15) is 4.79 Å². The van der Waals surface area contributed by atoms with Crippen molar-refractivity contribution in [2.45, 2.75) is 10.5 Å². The van der Waals surface area contributed by atoms with Crippen molar-refractivity contribution in [3.05, 3.63) is 58.7 Å². The van der Waals surface area contributed by atoms with Crippen molar-refractivity contribution in [3.8, 4) is 23.3 Å². The molecule has 28 heavy (non-hydrogen) atoms. The van der Waals surface area contributed by atoms with E-state index in [2.05, 4.69) is 30.4 Å². The van der Waals surface area contributed by atoms with Crippen LogP contribution in [-0.4, -0.2) is 39.3 Å². The van der Waals surface area contributed by atoms with Crippen LogP contribution in [0.5, 0.6) is 11.5 Å². The molecule has 0 bridgehead atoms. The maximum Gasteiger partial charge on any atom is 0.341 e. The van der Waals surface area contributed by atoms with E-state index in [1.165, 1.54) is 19.8 Å². The molecular weight excluding hydrogens is 392 g/mol. The highest BCUT2D eigenvalue weighted by Crippen LogP contribution is 2.52. The average molecular weight is 415 g/mol. The van der Waals surface area contributed by atoms with Crippen LogP contribution in [0.3, 0.4) is 0 Å². The molecule has 146 valence electrons. The van der Waals surface area contributed by atoms with E-state index in [-0.39, 0.29) is 4.08 Å². The van der Waals surface area contributed by atoms with Gasteiger partial charge in [0, 0.05) is 23.1 Å². The normalized spacial score (nSPS) is 14.1. The van der Waals surface area contributed by atoms with Gasteiger partial charge in [0.15, 0.2) is 0 Å². The Labute approximate surface area is 174 Å². The van der Waals surface area contributed by atoms with Crippen LogP contribution in [0.2, 0.25) is 0 Å².